The topological polar surface area (TPSA) is 45.7 Å². The third-order valence-electron chi connectivity index (χ3n) is 4.59. The van der Waals surface area contributed by atoms with Gasteiger partial charge in [-0.05, 0) is 38.7 Å². The van der Waals surface area contributed by atoms with Gasteiger partial charge in [-0.2, -0.15) is 0 Å². The van der Waals surface area contributed by atoms with E-state index < -0.39 is 0 Å². The lowest BCUT2D eigenvalue weighted by atomic mass is 9.86. The minimum atomic E-state index is 0. The highest BCUT2D eigenvalue weighted by atomic mass is 127. The van der Waals surface area contributed by atoms with Crippen LogP contribution in [0.25, 0.3) is 0 Å². The molecule has 4 nitrogen and oxygen atoms in total. The van der Waals surface area contributed by atoms with Crippen LogP contribution in [0.15, 0.2) is 29.3 Å². The van der Waals surface area contributed by atoms with Crippen LogP contribution in [-0.2, 0) is 0 Å². The molecule has 1 aliphatic carbocycles. The molecule has 1 unspecified atom stereocenters. The number of hydrogen-bond donors (Lipinski definition) is 2. The number of halogens is 1. The molecule has 1 spiro atoms. The highest BCUT2D eigenvalue weighted by molar-refractivity contribution is 14.0. The molecule has 0 aromatic heterocycles. The molecule has 2 N–H and O–H groups in total. The Balaban J connectivity index is 0.00000176. The molecule has 1 aliphatic heterocycles. The van der Waals surface area contributed by atoms with Gasteiger partial charge in [-0.1, -0.05) is 18.2 Å². The summed E-state index contributed by atoms with van der Waals surface area (Å²) in [4.78, 5) is 4.31. The average Bonchev–Trinajstić information content (AvgIpc) is 2.94. The van der Waals surface area contributed by atoms with Crippen molar-refractivity contribution in [3.8, 4) is 5.75 Å². The first-order valence-corrected chi connectivity index (χ1v) is 8.01. The van der Waals surface area contributed by atoms with Crippen LogP contribution in [0.5, 0.6) is 5.75 Å². The van der Waals surface area contributed by atoms with E-state index >= 15 is 0 Å². The molecule has 0 radical (unpaired) electrons. The van der Waals surface area contributed by atoms with Gasteiger partial charge in [-0.3, -0.25) is 4.99 Å². The van der Waals surface area contributed by atoms with Crippen LogP contribution < -0.4 is 15.4 Å². The van der Waals surface area contributed by atoms with Crippen molar-refractivity contribution in [3.63, 3.8) is 0 Å². The molecule has 3 rings (SSSR count). The summed E-state index contributed by atoms with van der Waals surface area (Å²) in [7, 11) is 1.82. The summed E-state index contributed by atoms with van der Waals surface area (Å²) in [6.07, 6.45) is 5.90. The largest absolute Gasteiger partial charge is 0.487 e. The zero-order valence-electron chi connectivity index (χ0n) is 13.4. The summed E-state index contributed by atoms with van der Waals surface area (Å²) in [5.41, 5.74) is 1.27. The monoisotopic (exact) mass is 415 g/mol. The number of fused-ring (bicyclic) bond motifs is 1. The first-order chi connectivity index (χ1) is 10.3. The first kappa shape index (κ1) is 17.4. The number of nitrogens with zero attached hydrogens (tertiary/aromatic N) is 1. The summed E-state index contributed by atoms with van der Waals surface area (Å²) in [6.45, 7) is 2.96. The number of ether oxygens (including phenoxy) is 1. The molecule has 0 amide bonds. The van der Waals surface area contributed by atoms with Crippen molar-refractivity contribution in [2.24, 2.45) is 4.99 Å². The van der Waals surface area contributed by atoms with E-state index in [-0.39, 0.29) is 35.6 Å². The minimum Gasteiger partial charge on any atom is -0.487 e. The number of guanidine groups is 1. The molecule has 1 atom stereocenters. The molecule has 1 aromatic carbocycles. The van der Waals surface area contributed by atoms with Gasteiger partial charge in [0.1, 0.15) is 11.4 Å². The Hall–Kier alpha value is -0.980. The summed E-state index contributed by atoms with van der Waals surface area (Å²) in [5.74, 6) is 1.91. The molecule has 0 saturated heterocycles. The van der Waals surface area contributed by atoms with Gasteiger partial charge < -0.3 is 15.4 Å². The van der Waals surface area contributed by atoms with Crippen LogP contribution in [0, 0.1) is 0 Å². The summed E-state index contributed by atoms with van der Waals surface area (Å²) < 4.78 is 6.39. The number of hydrogen-bond acceptors (Lipinski definition) is 2. The molecule has 1 aromatic rings. The van der Waals surface area contributed by atoms with Crippen LogP contribution >= 0.6 is 24.0 Å². The number of aliphatic imine (C=N–C) groups is 1. The van der Waals surface area contributed by atoms with Gasteiger partial charge in [-0.25, -0.2) is 0 Å². The lowest BCUT2D eigenvalue weighted by Gasteiger charge is -2.40. The normalized spacial score (nSPS) is 22.5. The first-order valence-electron chi connectivity index (χ1n) is 8.01. The zero-order chi connectivity index (χ0) is 14.7. The molecule has 2 aliphatic rings. The summed E-state index contributed by atoms with van der Waals surface area (Å²) >= 11 is 0. The fraction of sp³-hybridized carbons (Fsp3) is 0.588. The van der Waals surface area contributed by atoms with E-state index in [0.29, 0.717) is 0 Å². The third kappa shape index (κ3) is 3.50. The Kier molecular flexibility index (Phi) is 5.94. The highest BCUT2D eigenvalue weighted by Gasteiger charge is 2.43. The van der Waals surface area contributed by atoms with Gasteiger partial charge >= 0.3 is 0 Å². The summed E-state index contributed by atoms with van der Waals surface area (Å²) in [6, 6.07) is 8.67. The van der Waals surface area contributed by atoms with Gasteiger partial charge in [0.25, 0.3) is 0 Å². The quantitative estimate of drug-likeness (QED) is 0.441. The van der Waals surface area contributed by atoms with Crippen LogP contribution in [0.1, 0.15) is 50.6 Å². The highest BCUT2D eigenvalue weighted by Crippen LogP contribution is 2.46. The van der Waals surface area contributed by atoms with Crippen molar-refractivity contribution < 1.29 is 4.74 Å². The van der Waals surface area contributed by atoms with Gasteiger partial charge in [0.15, 0.2) is 5.96 Å². The van der Waals surface area contributed by atoms with Crippen LogP contribution in [0.2, 0.25) is 0 Å². The molecule has 1 fully saturated rings. The fourth-order valence-corrected chi connectivity index (χ4v) is 3.60. The van der Waals surface area contributed by atoms with E-state index in [9.17, 15) is 0 Å². The Bertz CT molecular complexity index is 526. The van der Waals surface area contributed by atoms with Crippen molar-refractivity contribution in [2.75, 3.05) is 13.6 Å². The fourth-order valence-electron chi connectivity index (χ4n) is 3.60. The number of benzene rings is 1. The van der Waals surface area contributed by atoms with E-state index in [1.54, 1.807) is 0 Å². The maximum Gasteiger partial charge on any atom is 0.191 e. The van der Waals surface area contributed by atoms with E-state index in [2.05, 4.69) is 46.8 Å². The third-order valence-corrected chi connectivity index (χ3v) is 4.59. The van der Waals surface area contributed by atoms with Crippen LogP contribution in [-0.4, -0.2) is 25.2 Å². The van der Waals surface area contributed by atoms with Gasteiger partial charge in [0, 0.05) is 25.6 Å². The predicted molar refractivity (Wildman–Crippen MR) is 101 cm³/mol. The average molecular weight is 415 g/mol. The zero-order valence-corrected chi connectivity index (χ0v) is 15.7. The van der Waals surface area contributed by atoms with Gasteiger partial charge in [-0.15, -0.1) is 24.0 Å². The molecule has 1 heterocycles. The number of nitrogens with one attached hydrogen (secondary N) is 2. The Morgan fingerprint density at radius 3 is 2.73 bits per heavy atom. The van der Waals surface area contributed by atoms with E-state index in [1.807, 2.05) is 7.05 Å². The SMILES string of the molecule is CCNC(=NC)NC1CC2(CCCC2)Oc2ccccc21.I. The van der Waals surface area contributed by atoms with E-state index in [4.69, 9.17) is 4.74 Å². The van der Waals surface area contributed by atoms with Crippen LogP contribution in [0.4, 0.5) is 0 Å². The Morgan fingerprint density at radius 1 is 1.32 bits per heavy atom. The molecular formula is C17H26IN3O. The maximum absolute atomic E-state index is 6.39. The Labute approximate surface area is 150 Å². The van der Waals surface area contributed by atoms with Crippen molar-refractivity contribution in [1.29, 1.82) is 0 Å². The second-order valence-electron chi connectivity index (χ2n) is 6.03. The lowest BCUT2D eigenvalue weighted by Crippen LogP contribution is -2.46. The number of rotatable bonds is 2. The van der Waals surface area contributed by atoms with E-state index in [0.717, 1.165) is 24.7 Å². The van der Waals surface area contributed by atoms with Crippen molar-refractivity contribution in [2.45, 2.75) is 50.7 Å². The molecule has 122 valence electrons. The van der Waals surface area contributed by atoms with Gasteiger partial charge in [0.05, 0.1) is 6.04 Å². The molecular weight excluding hydrogens is 389 g/mol. The molecule has 5 heteroatoms. The summed E-state index contributed by atoms with van der Waals surface area (Å²) in [5, 5.41) is 6.86. The standard InChI is InChI=1S/C17H25N3O.HI/c1-3-19-16(18-2)20-14-12-17(10-6-7-11-17)21-15-9-5-4-8-13(14)15;/h4-5,8-9,14H,3,6-7,10-12H2,1-2H3,(H2,18,19,20);1H. The molecule has 22 heavy (non-hydrogen) atoms. The number of para-hydroxylation sites is 1. The van der Waals surface area contributed by atoms with Crippen molar-refractivity contribution in [1.82, 2.24) is 10.6 Å². The van der Waals surface area contributed by atoms with Gasteiger partial charge in [0.2, 0.25) is 0 Å². The lowest BCUT2D eigenvalue weighted by molar-refractivity contribution is 0.0396. The van der Waals surface area contributed by atoms with Crippen molar-refractivity contribution in [3.05, 3.63) is 29.8 Å². The Morgan fingerprint density at radius 2 is 2.05 bits per heavy atom. The predicted octanol–water partition coefficient (Wildman–Crippen LogP) is 3.63. The minimum absolute atomic E-state index is 0. The second kappa shape index (κ2) is 7.53. The second-order valence-corrected chi connectivity index (χ2v) is 6.03. The van der Waals surface area contributed by atoms with Crippen molar-refractivity contribution >= 4 is 29.9 Å². The molecule has 0 bridgehead atoms. The van der Waals surface area contributed by atoms with E-state index in [1.165, 1.54) is 31.2 Å². The van der Waals surface area contributed by atoms with Crippen LogP contribution in [0.3, 0.4) is 0 Å². The maximum atomic E-state index is 6.39. The smallest absolute Gasteiger partial charge is 0.191 e. The molecule has 1 saturated carbocycles.